The Kier molecular flexibility index (Phi) is 5.40. The molecule has 1 amide bonds. The first-order valence-electron chi connectivity index (χ1n) is 9.54. The third kappa shape index (κ3) is 4.14. The van der Waals surface area contributed by atoms with Gasteiger partial charge in [-0.05, 0) is 18.1 Å². The molecule has 0 saturated carbocycles. The van der Waals surface area contributed by atoms with Gasteiger partial charge in [-0.15, -0.1) is 0 Å². The normalized spacial score (nSPS) is 23.1. The highest BCUT2D eigenvalue weighted by atomic mass is 16.5. The zero-order chi connectivity index (χ0) is 18.6. The largest absolute Gasteiger partial charge is 0.379 e. The topological polar surface area (TPSA) is 71.5 Å². The van der Waals surface area contributed by atoms with E-state index >= 15 is 0 Å². The number of amides is 1. The number of hydrogen-bond donors (Lipinski definition) is 0. The van der Waals surface area contributed by atoms with Crippen molar-refractivity contribution in [2.45, 2.75) is 25.9 Å². The molecule has 2 aromatic heterocycles. The molecule has 0 radical (unpaired) electrons. The van der Waals surface area contributed by atoms with E-state index < -0.39 is 0 Å². The third-order valence-electron chi connectivity index (χ3n) is 5.27. The smallest absolute Gasteiger partial charge is 0.274 e. The van der Waals surface area contributed by atoms with Crippen molar-refractivity contribution >= 4 is 5.91 Å². The molecule has 2 saturated heterocycles. The van der Waals surface area contributed by atoms with Crippen LogP contribution in [0.1, 0.15) is 28.7 Å². The molecule has 0 aliphatic carbocycles. The Bertz CT molecular complexity index is 768. The van der Waals surface area contributed by atoms with Gasteiger partial charge in [0.25, 0.3) is 5.91 Å². The van der Waals surface area contributed by atoms with Crippen LogP contribution in [0.2, 0.25) is 0 Å². The molecule has 2 aliphatic heterocycles. The molecular weight excluding hydrogens is 342 g/mol. The number of nitrogens with zero attached hydrogens (tertiary/aromatic N) is 5. The first kappa shape index (κ1) is 18.0. The molecule has 7 heteroatoms. The highest BCUT2D eigenvalue weighted by Crippen LogP contribution is 2.22. The second kappa shape index (κ2) is 8.10. The lowest BCUT2D eigenvalue weighted by Crippen LogP contribution is -2.46. The van der Waals surface area contributed by atoms with Crippen LogP contribution in [0.4, 0.5) is 0 Å². The van der Waals surface area contributed by atoms with Crippen molar-refractivity contribution in [2.75, 3.05) is 32.8 Å². The first-order valence-corrected chi connectivity index (χ1v) is 9.54. The summed E-state index contributed by atoms with van der Waals surface area (Å²) in [6.07, 6.45) is 7.64. The molecule has 0 spiro atoms. The number of hydrogen-bond acceptors (Lipinski definition) is 6. The Morgan fingerprint density at radius 2 is 2.07 bits per heavy atom. The van der Waals surface area contributed by atoms with E-state index in [1.54, 1.807) is 12.4 Å². The molecule has 4 heterocycles. The van der Waals surface area contributed by atoms with Crippen molar-refractivity contribution < 1.29 is 9.53 Å². The lowest BCUT2D eigenvalue weighted by Gasteiger charge is -2.30. The summed E-state index contributed by atoms with van der Waals surface area (Å²) in [7, 11) is 0. The van der Waals surface area contributed by atoms with Gasteiger partial charge in [0.15, 0.2) is 0 Å². The molecule has 0 aromatic carbocycles. The Labute approximate surface area is 159 Å². The number of aromatic nitrogens is 3. The van der Waals surface area contributed by atoms with E-state index in [4.69, 9.17) is 4.74 Å². The number of rotatable bonds is 4. The Morgan fingerprint density at radius 3 is 2.81 bits per heavy atom. The molecular formula is C20H25N5O2. The van der Waals surface area contributed by atoms with E-state index in [1.807, 2.05) is 11.1 Å². The predicted molar refractivity (Wildman–Crippen MR) is 100 cm³/mol. The van der Waals surface area contributed by atoms with Gasteiger partial charge in [-0.2, -0.15) is 0 Å². The fourth-order valence-corrected chi connectivity index (χ4v) is 3.86. The molecule has 7 nitrogen and oxygen atoms in total. The van der Waals surface area contributed by atoms with E-state index in [9.17, 15) is 4.79 Å². The number of carbonyl (C=O) groups excluding carboxylic acids is 1. The Balaban J connectivity index is 1.50. The van der Waals surface area contributed by atoms with Gasteiger partial charge in [-0.1, -0.05) is 13.0 Å². The van der Waals surface area contributed by atoms with Crippen molar-refractivity contribution in [2.24, 2.45) is 5.92 Å². The van der Waals surface area contributed by atoms with Gasteiger partial charge < -0.3 is 9.64 Å². The molecule has 2 aromatic rings. The second-order valence-electron chi connectivity index (χ2n) is 7.31. The molecule has 142 valence electrons. The molecule has 0 unspecified atom stereocenters. The van der Waals surface area contributed by atoms with Crippen LogP contribution in [0.15, 0.2) is 36.9 Å². The van der Waals surface area contributed by atoms with Crippen LogP contribution in [0.5, 0.6) is 0 Å². The predicted octanol–water partition coefficient (Wildman–Crippen LogP) is 1.41. The Hall–Kier alpha value is -2.38. The van der Waals surface area contributed by atoms with Gasteiger partial charge in [0.1, 0.15) is 5.69 Å². The fraction of sp³-hybridized carbons (Fsp3) is 0.500. The zero-order valence-electron chi connectivity index (χ0n) is 15.6. The summed E-state index contributed by atoms with van der Waals surface area (Å²) in [6.45, 7) is 6.54. The summed E-state index contributed by atoms with van der Waals surface area (Å²) < 4.78 is 5.83. The maximum Gasteiger partial charge on any atom is 0.274 e. The van der Waals surface area contributed by atoms with Crippen molar-refractivity contribution in [3.8, 4) is 0 Å². The van der Waals surface area contributed by atoms with E-state index in [2.05, 4.69) is 38.9 Å². The quantitative estimate of drug-likeness (QED) is 0.814. The van der Waals surface area contributed by atoms with Gasteiger partial charge in [0.05, 0.1) is 31.1 Å². The van der Waals surface area contributed by atoms with E-state index in [-0.39, 0.29) is 17.9 Å². The van der Waals surface area contributed by atoms with Crippen LogP contribution < -0.4 is 0 Å². The van der Waals surface area contributed by atoms with Crippen molar-refractivity contribution in [1.82, 2.24) is 24.8 Å². The minimum absolute atomic E-state index is 0.0157. The first-order chi connectivity index (χ1) is 13.2. The average molecular weight is 367 g/mol. The highest BCUT2D eigenvalue weighted by Gasteiger charge is 2.36. The molecule has 4 rings (SSSR count). The monoisotopic (exact) mass is 367 g/mol. The number of fused-ring (bicyclic) bond motifs is 3. The number of aryl methyl sites for hydroxylation is 1. The van der Waals surface area contributed by atoms with Crippen LogP contribution in [-0.4, -0.2) is 69.5 Å². The SMILES string of the molecule is CCc1ccc(CN2C[C@@H]3COC[C@H](C2)N(C(=O)c2cnccn2)C3)nc1. The molecule has 2 fully saturated rings. The molecule has 2 bridgehead atoms. The van der Waals surface area contributed by atoms with Crippen LogP contribution in [0, 0.1) is 5.92 Å². The van der Waals surface area contributed by atoms with Crippen molar-refractivity contribution in [3.05, 3.63) is 53.9 Å². The van der Waals surface area contributed by atoms with Gasteiger partial charge in [0, 0.05) is 50.7 Å². The molecule has 2 aliphatic rings. The van der Waals surface area contributed by atoms with Crippen LogP contribution in [-0.2, 0) is 17.7 Å². The van der Waals surface area contributed by atoms with Crippen molar-refractivity contribution in [3.63, 3.8) is 0 Å². The number of pyridine rings is 1. The lowest BCUT2D eigenvalue weighted by atomic mass is 10.1. The third-order valence-corrected chi connectivity index (χ3v) is 5.27. The fourth-order valence-electron chi connectivity index (χ4n) is 3.86. The Morgan fingerprint density at radius 1 is 1.15 bits per heavy atom. The summed E-state index contributed by atoms with van der Waals surface area (Å²) in [5.74, 6) is 0.226. The highest BCUT2D eigenvalue weighted by molar-refractivity contribution is 5.92. The zero-order valence-corrected chi connectivity index (χ0v) is 15.6. The average Bonchev–Trinajstić information content (AvgIpc) is 2.99. The maximum atomic E-state index is 13.0. The van der Waals surface area contributed by atoms with E-state index in [0.29, 0.717) is 25.5 Å². The number of carbonyl (C=O) groups is 1. The second-order valence-corrected chi connectivity index (χ2v) is 7.31. The maximum absolute atomic E-state index is 13.0. The van der Waals surface area contributed by atoms with Crippen LogP contribution in [0.3, 0.4) is 0 Å². The van der Waals surface area contributed by atoms with E-state index in [0.717, 1.165) is 31.7 Å². The van der Waals surface area contributed by atoms with Crippen LogP contribution >= 0.6 is 0 Å². The summed E-state index contributed by atoms with van der Waals surface area (Å²) in [5.41, 5.74) is 2.72. The minimum Gasteiger partial charge on any atom is -0.379 e. The standard InChI is InChI=1S/C20H25N5O2/c1-2-15-3-4-17(23-7-15)11-24-9-16-10-25(18(12-24)14-27-13-16)20(26)19-8-21-5-6-22-19/h3-8,16,18H,2,9-14H2,1H3/t16-,18-/m0/s1. The minimum atomic E-state index is -0.0594. The lowest BCUT2D eigenvalue weighted by molar-refractivity contribution is 0.0419. The number of ether oxygens (including phenoxy) is 1. The molecule has 27 heavy (non-hydrogen) atoms. The molecule has 0 N–H and O–H groups in total. The molecule has 2 atom stereocenters. The van der Waals surface area contributed by atoms with Gasteiger partial charge >= 0.3 is 0 Å². The van der Waals surface area contributed by atoms with Crippen molar-refractivity contribution in [1.29, 1.82) is 0 Å². The summed E-state index contributed by atoms with van der Waals surface area (Å²) in [4.78, 5) is 30.1. The van der Waals surface area contributed by atoms with Gasteiger partial charge in [-0.3, -0.25) is 19.7 Å². The van der Waals surface area contributed by atoms with Gasteiger partial charge in [0.2, 0.25) is 0 Å². The summed E-state index contributed by atoms with van der Waals surface area (Å²) >= 11 is 0. The van der Waals surface area contributed by atoms with Crippen LogP contribution in [0.25, 0.3) is 0 Å². The summed E-state index contributed by atoms with van der Waals surface area (Å²) in [5, 5.41) is 0. The van der Waals surface area contributed by atoms with E-state index in [1.165, 1.54) is 11.8 Å². The summed E-state index contributed by atoms with van der Waals surface area (Å²) in [6, 6.07) is 4.27. The van der Waals surface area contributed by atoms with Gasteiger partial charge in [-0.25, -0.2) is 4.98 Å².